The van der Waals surface area contributed by atoms with Crippen molar-refractivity contribution in [1.29, 1.82) is 0 Å². The molecule has 534 valence electrons. The van der Waals surface area contributed by atoms with Gasteiger partial charge in [-0.25, -0.2) is 4.99 Å². The Morgan fingerprint density at radius 1 is 0.304 bits per heavy atom. The maximum atomic E-state index is 6.13. The number of rotatable bonds is 12. The van der Waals surface area contributed by atoms with Crippen LogP contribution in [-0.2, 0) is 6.42 Å². The minimum absolute atomic E-state index is 0.0735. The molecule has 4 aliphatic heterocycles. The molecule has 0 radical (unpaired) electrons. The van der Waals surface area contributed by atoms with Crippen LogP contribution in [0.2, 0.25) is 0 Å². The van der Waals surface area contributed by atoms with E-state index in [4.69, 9.17) is 4.99 Å². The highest BCUT2D eigenvalue weighted by Gasteiger charge is 2.39. The van der Waals surface area contributed by atoms with Crippen molar-refractivity contribution in [3.05, 3.63) is 394 Å². The Morgan fingerprint density at radius 3 is 1.18 bits per heavy atom. The first-order valence-electron chi connectivity index (χ1n) is 40.1. The Labute approximate surface area is 652 Å². The summed E-state index contributed by atoms with van der Waals surface area (Å²) in [6.45, 7) is 9.41. The van der Waals surface area contributed by atoms with E-state index >= 15 is 0 Å². The topological polar surface area (TPSA) is 52.2 Å². The molecule has 17 aromatic rings. The van der Waals surface area contributed by atoms with Gasteiger partial charge in [0.05, 0.1) is 23.5 Å². The summed E-state index contributed by atoms with van der Waals surface area (Å²) in [4.78, 5) is 10.4. The van der Waals surface area contributed by atoms with E-state index in [9.17, 15) is 0 Å². The molecule has 4 heteroatoms. The molecule has 8 bridgehead atoms. The van der Waals surface area contributed by atoms with Gasteiger partial charge in [0, 0.05) is 39.1 Å². The molecule has 0 saturated heterocycles. The molecule has 5 heterocycles. The number of allylic oxidation sites excluding steroid dienone is 4. The van der Waals surface area contributed by atoms with Crippen LogP contribution >= 0.6 is 0 Å². The van der Waals surface area contributed by atoms with Crippen LogP contribution in [0.25, 0.3) is 165 Å². The Bertz CT molecular complexity index is 7180. The van der Waals surface area contributed by atoms with Gasteiger partial charge in [-0.05, 0) is 231 Å². The van der Waals surface area contributed by atoms with Crippen molar-refractivity contribution < 1.29 is 0 Å². The minimum atomic E-state index is -0.257. The first-order valence-corrected chi connectivity index (χ1v) is 40.1. The summed E-state index contributed by atoms with van der Waals surface area (Å²) in [7, 11) is 0. The van der Waals surface area contributed by atoms with Gasteiger partial charge in [-0.3, -0.25) is 0 Å². The smallest absolute Gasteiger partial charge is 0.0739 e. The van der Waals surface area contributed by atoms with Crippen molar-refractivity contribution in [2.45, 2.75) is 71.4 Å². The van der Waals surface area contributed by atoms with E-state index < -0.39 is 0 Å². The van der Waals surface area contributed by atoms with Gasteiger partial charge in [0.15, 0.2) is 0 Å². The highest BCUT2D eigenvalue weighted by atomic mass is 15.0. The molecule has 21 rings (SSSR count). The van der Waals surface area contributed by atoms with Crippen LogP contribution in [0, 0.1) is 0 Å². The number of nitrogens with zero attached hydrogens (tertiary/aromatic N) is 1. The van der Waals surface area contributed by atoms with Gasteiger partial charge in [-0.2, -0.15) is 0 Å². The molecule has 3 N–H and O–H groups in total. The molecule has 0 amide bonds. The van der Waals surface area contributed by atoms with Crippen LogP contribution in [0.15, 0.2) is 366 Å². The van der Waals surface area contributed by atoms with E-state index in [0.29, 0.717) is 0 Å². The van der Waals surface area contributed by atoms with Crippen LogP contribution < -0.4 is 21.3 Å². The molecule has 0 aliphatic carbocycles. The number of H-pyrrole nitrogens is 1. The SMILES string of the molecule is CCC1=C(c2cccc3c(-c4cccc5ccccc45)cccc23)C2=CC3=C(CC)C(c4ccc(-c5cccc6ccccc56)c5ccccc45)C(C=C4NC(C=c5[nH]c(c(-c6cccc7c(-c8cccc9ccccc89)cccc67)c5CC)=CC1=N2)C(c1cccc2c(-c5cccc6ccccc56)cccc12)=C4CC)N3. The number of nitrogens with one attached hydrogen (secondary N) is 3. The molecule has 3 unspecified atom stereocenters. The molecule has 3 atom stereocenters. The summed E-state index contributed by atoms with van der Waals surface area (Å²) >= 11 is 0. The fourth-order valence-corrected chi connectivity index (χ4v) is 20.0. The fraction of sp³-hybridized carbons (Fsp3) is 0.102. The highest BCUT2D eigenvalue weighted by Crippen LogP contribution is 2.50. The van der Waals surface area contributed by atoms with E-state index in [1.54, 1.807) is 0 Å². The van der Waals surface area contributed by atoms with Gasteiger partial charge < -0.3 is 15.6 Å². The molecule has 0 spiro atoms. The zero-order valence-corrected chi connectivity index (χ0v) is 63.3. The van der Waals surface area contributed by atoms with Crippen molar-refractivity contribution in [2.24, 2.45) is 4.99 Å². The maximum absolute atomic E-state index is 6.13. The van der Waals surface area contributed by atoms with Crippen molar-refractivity contribution in [3.63, 3.8) is 0 Å². The van der Waals surface area contributed by atoms with Gasteiger partial charge in [0.2, 0.25) is 0 Å². The lowest BCUT2D eigenvalue weighted by Crippen LogP contribution is -2.29. The number of aromatic nitrogens is 1. The van der Waals surface area contributed by atoms with E-state index in [2.05, 4.69) is 383 Å². The van der Waals surface area contributed by atoms with Gasteiger partial charge in [-0.15, -0.1) is 0 Å². The molecular formula is C108H82N4. The number of aliphatic imine (C=N–C) groups is 1. The third kappa shape index (κ3) is 10.7. The Morgan fingerprint density at radius 2 is 0.688 bits per heavy atom. The minimum Gasteiger partial charge on any atom is -0.378 e. The molecule has 0 saturated carbocycles. The van der Waals surface area contributed by atoms with Crippen molar-refractivity contribution in [2.75, 3.05) is 0 Å². The molecule has 4 nitrogen and oxygen atoms in total. The van der Waals surface area contributed by atoms with Crippen LogP contribution in [0.3, 0.4) is 0 Å². The normalized spacial score (nSPS) is 16.2. The molecule has 0 fully saturated rings. The predicted molar refractivity (Wildman–Crippen MR) is 477 cm³/mol. The van der Waals surface area contributed by atoms with Gasteiger partial charge >= 0.3 is 0 Å². The average molecular weight is 1440 g/mol. The van der Waals surface area contributed by atoms with E-state index in [-0.39, 0.29) is 18.0 Å². The number of benzene rings is 16. The van der Waals surface area contributed by atoms with Crippen LogP contribution in [-0.4, -0.2) is 22.8 Å². The van der Waals surface area contributed by atoms with Crippen LogP contribution in [0.5, 0.6) is 0 Å². The molecule has 112 heavy (non-hydrogen) atoms. The second kappa shape index (κ2) is 27.3. The standard InChI is InChI=1S/C108H82N4/c1-5-69-97-62-102-107(95-58-28-52-87-84(49-25-55-91(87)95)79-45-21-35-67-31-11-15-39-75(67)79)71(7-3)99(111-102)64-104-108(96-60-59-92(81-41-17-18-42-88(81)96)80-46-22-36-68-32-12-16-40-76(68)80)72(8-4)100(112-104)63-103-106(94-57-27-51-86-83(48-24-54-90(86)94)78-44-20-34-66-30-10-14-38-74(66)78)70(6-2)98(110-103)61-101(109-97)105(69)93-56-26-50-85-82(47-23-53-89(85)93)77-43-19-33-65-29-9-13-37-73(65)77/h9-64,102,104,108-109,111-112H,5-8H2,1-4H3. The number of fused-ring (bicyclic) bond motifs is 15. The zero-order valence-electron chi connectivity index (χ0n) is 63.3. The Hall–Kier alpha value is -13.4. The van der Waals surface area contributed by atoms with E-state index in [1.165, 1.54) is 186 Å². The first kappa shape index (κ1) is 66.8. The summed E-state index contributed by atoms with van der Waals surface area (Å²) < 4.78 is 0. The Balaban J connectivity index is 0.853. The summed E-state index contributed by atoms with van der Waals surface area (Å²) in [5.41, 5.74) is 27.7. The molecular weight excluding hydrogens is 1350 g/mol. The second-order valence-electron chi connectivity index (χ2n) is 30.6. The zero-order chi connectivity index (χ0) is 74.7. The lowest BCUT2D eigenvalue weighted by Gasteiger charge is -2.24. The lowest BCUT2D eigenvalue weighted by molar-refractivity contribution is 0.645. The van der Waals surface area contributed by atoms with Crippen molar-refractivity contribution in [1.82, 2.24) is 15.6 Å². The number of hydrogen-bond donors (Lipinski definition) is 3. The van der Waals surface area contributed by atoms with E-state index in [0.717, 1.165) is 64.8 Å². The van der Waals surface area contributed by atoms with Gasteiger partial charge in [-0.1, -0.05) is 343 Å². The lowest BCUT2D eigenvalue weighted by atomic mass is 9.81. The fourth-order valence-electron chi connectivity index (χ4n) is 20.0. The second-order valence-corrected chi connectivity index (χ2v) is 30.6. The average Bonchev–Trinajstić information content (AvgIpc) is 1.48. The number of hydrogen-bond acceptors (Lipinski definition) is 3. The van der Waals surface area contributed by atoms with Crippen molar-refractivity contribution in [3.8, 4) is 55.6 Å². The quantitative estimate of drug-likeness (QED) is 0.114. The van der Waals surface area contributed by atoms with E-state index in [1.807, 2.05) is 0 Å². The molecule has 1 aromatic heterocycles. The van der Waals surface area contributed by atoms with Gasteiger partial charge in [0.1, 0.15) is 0 Å². The first-order chi connectivity index (χ1) is 55.4. The highest BCUT2D eigenvalue weighted by molar-refractivity contribution is 6.29. The largest absolute Gasteiger partial charge is 0.378 e. The van der Waals surface area contributed by atoms with Crippen LogP contribution in [0.4, 0.5) is 0 Å². The predicted octanol–water partition coefficient (Wildman–Crippen LogP) is 26.1. The molecule has 16 aromatic carbocycles. The van der Waals surface area contributed by atoms with Crippen LogP contribution in [0.1, 0.15) is 75.1 Å². The van der Waals surface area contributed by atoms with Gasteiger partial charge in [0.25, 0.3) is 0 Å². The maximum Gasteiger partial charge on any atom is 0.0739 e. The van der Waals surface area contributed by atoms with Crippen molar-refractivity contribution >= 4 is 115 Å². The summed E-state index contributed by atoms with van der Waals surface area (Å²) in [5.74, 6) is -0.0735. The summed E-state index contributed by atoms with van der Waals surface area (Å²) in [6, 6.07) is 118. The summed E-state index contributed by atoms with van der Waals surface area (Å²) in [5, 5.41) is 30.7. The third-order valence-electron chi connectivity index (χ3n) is 24.8. The molecule has 4 aliphatic rings. The number of aromatic amines is 1. The monoisotopic (exact) mass is 1430 g/mol. The summed E-state index contributed by atoms with van der Waals surface area (Å²) in [6.07, 6.45) is 13.1. The third-order valence-corrected chi connectivity index (χ3v) is 24.8. The Kier molecular flexibility index (Phi) is 16.3.